The number of hydrogen-bond acceptors (Lipinski definition) is 2. The molecule has 0 aromatic rings. The van der Waals surface area contributed by atoms with Crippen LogP contribution in [0.3, 0.4) is 0 Å². The largest absolute Gasteiger partial charge is 0.386 e. The Labute approximate surface area is 75.0 Å². The second-order valence-corrected chi connectivity index (χ2v) is 3.10. The molecule has 0 aromatic carbocycles. The first-order valence-corrected chi connectivity index (χ1v) is 4.57. The van der Waals surface area contributed by atoms with Gasteiger partial charge in [0.05, 0.1) is 0 Å². The lowest BCUT2D eigenvalue weighted by molar-refractivity contribution is -0.114. The first-order valence-electron chi connectivity index (χ1n) is 4.57. The number of ketones is 1. The van der Waals surface area contributed by atoms with Gasteiger partial charge in [0.1, 0.15) is 0 Å². The van der Waals surface area contributed by atoms with E-state index in [2.05, 4.69) is 19.2 Å². The molecule has 0 radical (unpaired) electrons. The third-order valence-electron chi connectivity index (χ3n) is 1.81. The van der Waals surface area contributed by atoms with Gasteiger partial charge in [-0.1, -0.05) is 13.8 Å². The maximum atomic E-state index is 11.0. The van der Waals surface area contributed by atoms with Crippen LogP contribution in [0.1, 0.15) is 40.5 Å². The molecule has 1 unspecified atom stereocenters. The Morgan fingerprint density at radius 2 is 2.08 bits per heavy atom. The topological polar surface area (TPSA) is 29.1 Å². The van der Waals surface area contributed by atoms with Crippen molar-refractivity contribution in [2.45, 2.75) is 46.6 Å². The van der Waals surface area contributed by atoms with Crippen molar-refractivity contribution in [2.24, 2.45) is 0 Å². The van der Waals surface area contributed by atoms with Crippen molar-refractivity contribution in [1.29, 1.82) is 0 Å². The van der Waals surface area contributed by atoms with Crippen molar-refractivity contribution in [3.63, 3.8) is 0 Å². The first kappa shape index (κ1) is 11.2. The standard InChI is InChI=1S/C10H19NO/c1-5-8(3)11-9(4)7-10(12)6-2/h7-8,11H,5-6H2,1-4H3. The smallest absolute Gasteiger partial charge is 0.157 e. The van der Waals surface area contributed by atoms with E-state index in [-0.39, 0.29) is 5.78 Å². The number of allylic oxidation sites excluding steroid dienone is 2. The summed E-state index contributed by atoms with van der Waals surface area (Å²) in [6.45, 7) is 8.02. The molecule has 0 aromatic heterocycles. The van der Waals surface area contributed by atoms with E-state index < -0.39 is 0 Å². The average molecular weight is 169 g/mol. The number of carbonyl (C=O) groups is 1. The summed E-state index contributed by atoms with van der Waals surface area (Å²) in [5, 5.41) is 3.24. The summed E-state index contributed by atoms with van der Waals surface area (Å²) in [5.41, 5.74) is 0.969. The molecule has 1 N–H and O–H groups in total. The van der Waals surface area contributed by atoms with Gasteiger partial charge in [0.25, 0.3) is 0 Å². The van der Waals surface area contributed by atoms with E-state index >= 15 is 0 Å². The van der Waals surface area contributed by atoms with Gasteiger partial charge in [-0.3, -0.25) is 4.79 Å². The second kappa shape index (κ2) is 5.81. The Morgan fingerprint density at radius 1 is 1.50 bits per heavy atom. The van der Waals surface area contributed by atoms with Crippen molar-refractivity contribution in [2.75, 3.05) is 0 Å². The minimum atomic E-state index is 0.184. The predicted molar refractivity (Wildman–Crippen MR) is 51.9 cm³/mol. The van der Waals surface area contributed by atoms with Crippen molar-refractivity contribution in [3.05, 3.63) is 11.8 Å². The Morgan fingerprint density at radius 3 is 2.50 bits per heavy atom. The van der Waals surface area contributed by atoms with Gasteiger partial charge in [-0.05, 0) is 26.3 Å². The number of carbonyl (C=O) groups excluding carboxylic acids is 1. The Balaban J connectivity index is 3.93. The van der Waals surface area contributed by atoms with Crippen LogP contribution in [0.2, 0.25) is 0 Å². The van der Waals surface area contributed by atoms with Crippen LogP contribution >= 0.6 is 0 Å². The molecule has 0 heterocycles. The van der Waals surface area contributed by atoms with Crippen molar-refractivity contribution >= 4 is 5.78 Å². The molecule has 0 aliphatic rings. The van der Waals surface area contributed by atoms with Gasteiger partial charge in [-0.25, -0.2) is 0 Å². The van der Waals surface area contributed by atoms with Gasteiger partial charge in [0, 0.05) is 18.2 Å². The fourth-order valence-electron chi connectivity index (χ4n) is 0.876. The lowest BCUT2D eigenvalue weighted by atomic mass is 10.2. The molecular formula is C10H19NO. The molecule has 0 bridgehead atoms. The SMILES string of the molecule is CCC(=O)C=C(C)NC(C)CC. The molecular weight excluding hydrogens is 150 g/mol. The van der Waals surface area contributed by atoms with Gasteiger partial charge in [-0.2, -0.15) is 0 Å². The highest BCUT2D eigenvalue weighted by molar-refractivity contribution is 5.89. The zero-order chi connectivity index (χ0) is 9.56. The van der Waals surface area contributed by atoms with Crippen LogP contribution in [-0.2, 0) is 4.79 Å². The first-order chi connectivity index (χ1) is 5.60. The normalized spacial score (nSPS) is 14.2. The second-order valence-electron chi connectivity index (χ2n) is 3.10. The van der Waals surface area contributed by atoms with Crippen LogP contribution in [0.4, 0.5) is 0 Å². The van der Waals surface area contributed by atoms with Gasteiger partial charge in [0.15, 0.2) is 5.78 Å². The third-order valence-corrected chi connectivity index (χ3v) is 1.81. The Bertz CT molecular complexity index is 173. The van der Waals surface area contributed by atoms with Crippen LogP contribution in [0.25, 0.3) is 0 Å². The van der Waals surface area contributed by atoms with Crippen molar-refractivity contribution < 1.29 is 4.79 Å². The molecule has 0 saturated carbocycles. The third kappa shape index (κ3) is 4.94. The quantitative estimate of drug-likeness (QED) is 0.640. The Kier molecular flexibility index (Phi) is 5.43. The van der Waals surface area contributed by atoms with E-state index in [0.29, 0.717) is 12.5 Å². The number of rotatable bonds is 5. The number of nitrogens with one attached hydrogen (secondary N) is 1. The summed E-state index contributed by atoms with van der Waals surface area (Å²) < 4.78 is 0. The van der Waals surface area contributed by atoms with Crippen LogP contribution in [-0.4, -0.2) is 11.8 Å². The summed E-state index contributed by atoms with van der Waals surface area (Å²) in [7, 11) is 0. The zero-order valence-electron chi connectivity index (χ0n) is 8.48. The predicted octanol–water partition coefficient (Wildman–Crippen LogP) is 2.26. The van der Waals surface area contributed by atoms with E-state index in [4.69, 9.17) is 0 Å². The minimum absolute atomic E-state index is 0.184. The average Bonchev–Trinajstić information content (AvgIpc) is 2.03. The van der Waals surface area contributed by atoms with Gasteiger partial charge < -0.3 is 5.32 Å². The highest BCUT2D eigenvalue weighted by atomic mass is 16.1. The van der Waals surface area contributed by atoms with Gasteiger partial charge in [-0.15, -0.1) is 0 Å². The minimum Gasteiger partial charge on any atom is -0.386 e. The molecule has 0 fully saturated rings. The van der Waals surface area contributed by atoms with Crippen LogP contribution in [0, 0.1) is 0 Å². The summed E-state index contributed by atoms with van der Waals surface area (Å²) in [4.78, 5) is 11.0. The molecule has 0 amide bonds. The zero-order valence-corrected chi connectivity index (χ0v) is 8.48. The van der Waals surface area contributed by atoms with E-state index in [9.17, 15) is 4.79 Å². The van der Waals surface area contributed by atoms with Gasteiger partial charge >= 0.3 is 0 Å². The van der Waals surface area contributed by atoms with E-state index in [1.54, 1.807) is 6.08 Å². The van der Waals surface area contributed by atoms with Crippen LogP contribution in [0.5, 0.6) is 0 Å². The summed E-state index contributed by atoms with van der Waals surface area (Å²) in [6, 6.07) is 0.450. The number of hydrogen-bond donors (Lipinski definition) is 1. The Hall–Kier alpha value is -0.790. The fourth-order valence-corrected chi connectivity index (χ4v) is 0.876. The molecule has 70 valence electrons. The van der Waals surface area contributed by atoms with Crippen molar-refractivity contribution in [1.82, 2.24) is 5.32 Å². The summed E-state index contributed by atoms with van der Waals surface area (Å²) in [6.07, 6.45) is 3.33. The molecule has 0 rings (SSSR count). The molecule has 0 aliphatic carbocycles. The highest BCUT2D eigenvalue weighted by Crippen LogP contribution is 1.96. The summed E-state index contributed by atoms with van der Waals surface area (Å²) in [5.74, 6) is 0.184. The van der Waals surface area contributed by atoms with E-state index in [1.165, 1.54) is 0 Å². The maximum absolute atomic E-state index is 11.0. The molecule has 0 saturated heterocycles. The van der Waals surface area contributed by atoms with Gasteiger partial charge in [0.2, 0.25) is 0 Å². The van der Waals surface area contributed by atoms with Crippen LogP contribution in [0.15, 0.2) is 11.8 Å². The fraction of sp³-hybridized carbons (Fsp3) is 0.700. The molecule has 2 heteroatoms. The molecule has 1 atom stereocenters. The molecule has 0 spiro atoms. The lowest BCUT2D eigenvalue weighted by Gasteiger charge is -2.12. The highest BCUT2D eigenvalue weighted by Gasteiger charge is 1.98. The molecule has 12 heavy (non-hydrogen) atoms. The molecule has 0 aliphatic heterocycles. The maximum Gasteiger partial charge on any atom is 0.157 e. The lowest BCUT2D eigenvalue weighted by Crippen LogP contribution is -2.23. The molecule has 2 nitrogen and oxygen atoms in total. The van der Waals surface area contributed by atoms with Crippen LogP contribution < -0.4 is 5.32 Å². The monoisotopic (exact) mass is 169 g/mol. The van der Waals surface area contributed by atoms with E-state index in [1.807, 2.05) is 13.8 Å². The van der Waals surface area contributed by atoms with E-state index in [0.717, 1.165) is 12.1 Å². The summed E-state index contributed by atoms with van der Waals surface area (Å²) >= 11 is 0. The van der Waals surface area contributed by atoms with Crippen molar-refractivity contribution in [3.8, 4) is 0 Å².